The predicted octanol–water partition coefficient (Wildman–Crippen LogP) is 5.52. The van der Waals surface area contributed by atoms with Crippen molar-refractivity contribution >= 4 is 33.9 Å². The molecule has 3 rings (SSSR count). The molecular formula is C27H23BrN2O5. The monoisotopic (exact) mass is 534 g/mol. The van der Waals surface area contributed by atoms with Gasteiger partial charge in [-0.3, -0.25) is 4.79 Å². The zero-order valence-electron chi connectivity index (χ0n) is 19.1. The highest BCUT2D eigenvalue weighted by atomic mass is 79.9. The van der Waals surface area contributed by atoms with E-state index in [0.29, 0.717) is 21.5 Å². The minimum Gasteiger partial charge on any atom is -0.493 e. The van der Waals surface area contributed by atoms with Gasteiger partial charge >= 0.3 is 5.97 Å². The highest BCUT2D eigenvalue weighted by Gasteiger charge is 2.16. The molecule has 35 heavy (non-hydrogen) atoms. The second-order valence-electron chi connectivity index (χ2n) is 7.60. The molecule has 0 aliphatic rings. The van der Waals surface area contributed by atoms with Crippen molar-refractivity contribution in [2.45, 2.75) is 19.6 Å². The zero-order valence-corrected chi connectivity index (χ0v) is 20.7. The first-order valence-corrected chi connectivity index (χ1v) is 11.4. The third-order valence-corrected chi connectivity index (χ3v) is 5.75. The van der Waals surface area contributed by atoms with Gasteiger partial charge in [0, 0.05) is 0 Å². The summed E-state index contributed by atoms with van der Waals surface area (Å²) in [5.41, 5.74) is 2.43. The molecule has 0 fully saturated rings. The lowest BCUT2D eigenvalue weighted by atomic mass is 10.1. The van der Waals surface area contributed by atoms with Crippen LogP contribution in [-0.4, -0.2) is 24.1 Å². The fraction of sp³-hybridized carbons (Fsp3) is 0.148. The third kappa shape index (κ3) is 6.71. The van der Waals surface area contributed by atoms with E-state index in [1.807, 2.05) is 43.3 Å². The van der Waals surface area contributed by atoms with Gasteiger partial charge in [-0.05, 0) is 69.9 Å². The number of carboxylic acids is 1. The number of nitrogens with one attached hydrogen (secondary N) is 1. The number of aromatic carboxylic acids is 1. The van der Waals surface area contributed by atoms with Gasteiger partial charge < -0.3 is 19.9 Å². The van der Waals surface area contributed by atoms with Crippen molar-refractivity contribution in [3.8, 4) is 17.6 Å². The first kappa shape index (κ1) is 25.5. The molecule has 1 atom stereocenters. The molecule has 0 saturated carbocycles. The fourth-order valence-corrected chi connectivity index (χ4v) is 3.85. The van der Waals surface area contributed by atoms with Crippen molar-refractivity contribution in [3.63, 3.8) is 0 Å². The quantitative estimate of drug-likeness (QED) is 0.276. The molecule has 3 aromatic rings. The summed E-state index contributed by atoms with van der Waals surface area (Å²) in [7, 11) is 1.49. The van der Waals surface area contributed by atoms with Crippen LogP contribution in [0.4, 0.5) is 0 Å². The van der Waals surface area contributed by atoms with E-state index in [2.05, 4.69) is 21.2 Å². The standard InChI is InChI=1S/C27H23BrN2O5/c1-17(20-6-4-3-5-7-20)30-26(31)22(15-29)12-19-13-23(28)25(24(14-19)34-2)35-16-18-8-10-21(11-9-18)27(32)33/h3-14,17H,16H2,1-2H3,(H,30,31)(H,32,33)/b22-12-/t17-/m0/s1. The number of halogens is 1. The van der Waals surface area contributed by atoms with E-state index < -0.39 is 11.9 Å². The Morgan fingerprint density at radius 2 is 1.83 bits per heavy atom. The van der Waals surface area contributed by atoms with E-state index in [-0.39, 0.29) is 23.8 Å². The lowest BCUT2D eigenvalue weighted by Crippen LogP contribution is -2.27. The minimum atomic E-state index is -0.995. The topological polar surface area (TPSA) is 109 Å². The summed E-state index contributed by atoms with van der Waals surface area (Å²) >= 11 is 3.47. The lowest BCUT2D eigenvalue weighted by Gasteiger charge is -2.15. The Balaban J connectivity index is 1.77. The smallest absolute Gasteiger partial charge is 0.335 e. The molecule has 0 heterocycles. The Kier molecular flexibility index (Phi) is 8.65. The Hall–Kier alpha value is -4.09. The van der Waals surface area contributed by atoms with Crippen molar-refractivity contribution in [2.24, 2.45) is 0 Å². The van der Waals surface area contributed by atoms with Crippen LogP contribution in [0, 0.1) is 11.3 Å². The van der Waals surface area contributed by atoms with Crippen molar-refractivity contribution in [1.82, 2.24) is 5.32 Å². The van der Waals surface area contributed by atoms with Gasteiger partial charge in [-0.15, -0.1) is 0 Å². The molecule has 0 aliphatic carbocycles. The molecular weight excluding hydrogens is 512 g/mol. The number of nitrogens with zero attached hydrogens (tertiary/aromatic N) is 1. The van der Waals surface area contributed by atoms with Crippen LogP contribution in [0.15, 0.2) is 76.8 Å². The summed E-state index contributed by atoms with van der Waals surface area (Å²) in [6.07, 6.45) is 1.48. The number of benzene rings is 3. The van der Waals surface area contributed by atoms with Crippen molar-refractivity contribution in [3.05, 3.63) is 99.0 Å². The number of carbonyl (C=O) groups is 2. The molecule has 1 amide bonds. The van der Waals surface area contributed by atoms with E-state index in [4.69, 9.17) is 14.6 Å². The van der Waals surface area contributed by atoms with Crippen LogP contribution in [0.5, 0.6) is 11.5 Å². The van der Waals surface area contributed by atoms with E-state index in [0.717, 1.165) is 11.1 Å². The van der Waals surface area contributed by atoms with Crippen molar-refractivity contribution < 1.29 is 24.2 Å². The molecule has 8 heteroatoms. The number of rotatable bonds is 9. The fourth-order valence-electron chi connectivity index (χ4n) is 3.28. The summed E-state index contributed by atoms with van der Waals surface area (Å²) in [6.45, 7) is 2.04. The Morgan fingerprint density at radius 1 is 1.14 bits per heavy atom. The molecule has 0 aromatic heterocycles. The zero-order chi connectivity index (χ0) is 25.4. The van der Waals surface area contributed by atoms with Crippen LogP contribution < -0.4 is 14.8 Å². The van der Waals surface area contributed by atoms with Gasteiger partial charge in [0.25, 0.3) is 5.91 Å². The van der Waals surface area contributed by atoms with Gasteiger partial charge in [0.05, 0.1) is 23.2 Å². The second kappa shape index (κ2) is 11.9. The van der Waals surface area contributed by atoms with Crippen LogP contribution in [0.1, 0.15) is 40.0 Å². The molecule has 0 saturated heterocycles. The minimum absolute atomic E-state index is 0.0473. The van der Waals surface area contributed by atoms with Crippen LogP contribution in [-0.2, 0) is 11.4 Å². The van der Waals surface area contributed by atoms with Crippen LogP contribution in [0.2, 0.25) is 0 Å². The van der Waals surface area contributed by atoms with E-state index >= 15 is 0 Å². The summed E-state index contributed by atoms with van der Waals surface area (Å²) in [4.78, 5) is 23.7. The number of ether oxygens (including phenoxy) is 2. The maximum absolute atomic E-state index is 12.7. The third-order valence-electron chi connectivity index (χ3n) is 5.16. The summed E-state index contributed by atoms with van der Waals surface area (Å²) < 4.78 is 11.9. The molecule has 7 nitrogen and oxygen atoms in total. The van der Waals surface area contributed by atoms with Gasteiger partial charge in [-0.1, -0.05) is 42.5 Å². The van der Waals surface area contributed by atoms with Gasteiger partial charge in [-0.2, -0.15) is 5.26 Å². The number of methoxy groups -OCH3 is 1. The molecule has 0 aliphatic heterocycles. The number of hydrogen-bond donors (Lipinski definition) is 2. The molecule has 0 spiro atoms. The largest absolute Gasteiger partial charge is 0.493 e. The molecule has 0 unspecified atom stereocenters. The molecule has 0 bridgehead atoms. The van der Waals surface area contributed by atoms with Crippen LogP contribution in [0.25, 0.3) is 6.08 Å². The van der Waals surface area contributed by atoms with E-state index in [1.54, 1.807) is 24.3 Å². The Bertz CT molecular complexity index is 1280. The average Bonchev–Trinajstić information content (AvgIpc) is 2.86. The first-order chi connectivity index (χ1) is 16.8. The van der Waals surface area contributed by atoms with Gasteiger partial charge in [0.2, 0.25) is 0 Å². The van der Waals surface area contributed by atoms with Crippen molar-refractivity contribution in [1.29, 1.82) is 5.26 Å². The number of amides is 1. The SMILES string of the molecule is COc1cc(/C=C(/C#N)C(=O)N[C@@H](C)c2ccccc2)cc(Br)c1OCc1ccc(C(=O)O)cc1. The summed E-state index contributed by atoms with van der Waals surface area (Å²) in [5.74, 6) is -0.634. The predicted molar refractivity (Wildman–Crippen MR) is 135 cm³/mol. The summed E-state index contributed by atoms with van der Waals surface area (Å²) in [6, 6.07) is 20.9. The van der Waals surface area contributed by atoms with Crippen molar-refractivity contribution in [2.75, 3.05) is 7.11 Å². The second-order valence-corrected chi connectivity index (χ2v) is 8.45. The van der Waals surface area contributed by atoms with Crippen LogP contribution >= 0.6 is 15.9 Å². The van der Waals surface area contributed by atoms with E-state index in [9.17, 15) is 14.9 Å². The number of nitriles is 1. The molecule has 0 radical (unpaired) electrons. The number of carboxylic acid groups (broad SMARTS) is 1. The maximum Gasteiger partial charge on any atom is 0.335 e. The Labute approximate surface area is 211 Å². The molecule has 3 aromatic carbocycles. The lowest BCUT2D eigenvalue weighted by molar-refractivity contribution is -0.117. The van der Waals surface area contributed by atoms with Gasteiger partial charge in [0.1, 0.15) is 18.2 Å². The molecule has 178 valence electrons. The molecule has 2 N–H and O–H groups in total. The average molecular weight is 535 g/mol. The highest BCUT2D eigenvalue weighted by molar-refractivity contribution is 9.10. The van der Waals surface area contributed by atoms with E-state index in [1.165, 1.54) is 25.3 Å². The number of hydrogen-bond acceptors (Lipinski definition) is 5. The highest BCUT2D eigenvalue weighted by Crippen LogP contribution is 2.37. The number of carbonyl (C=O) groups excluding carboxylic acids is 1. The normalized spacial score (nSPS) is 11.8. The first-order valence-electron chi connectivity index (χ1n) is 10.6. The maximum atomic E-state index is 12.7. The Morgan fingerprint density at radius 3 is 2.43 bits per heavy atom. The van der Waals surface area contributed by atoms with Crippen LogP contribution in [0.3, 0.4) is 0 Å². The van der Waals surface area contributed by atoms with Gasteiger partial charge in [0.15, 0.2) is 11.5 Å². The summed E-state index contributed by atoms with van der Waals surface area (Å²) in [5, 5.41) is 21.4. The van der Waals surface area contributed by atoms with Gasteiger partial charge in [-0.25, -0.2) is 4.79 Å².